The van der Waals surface area contributed by atoms with Gasteiger partial charge in [-0.05, 0) is 25.7 Å². The zero-order valence-corrected chi connectivity index (χ0v) is 19.3. The lowest BCUT2D eigenvalue weighted by Gasteiger charge is -2.27. The molecule has 0 aliphatic heterocycles. The SMILES string of the molecule is CC(C)C(NC(=O)C(CCCN=C(N)N)NC(=O)C(NC(=O)C(N)CS)C(C)O)C(=O)O. The molecular formula is C18H35N7O6S. The summed E-state index contributed by atoms with van der Waals surface area (Å²) in [5.41, 5.74) is 16.1. The van der Waals surface area contributed by atoms with Gasteiger partial charge in [0, 0.05) is 12.3 Å². The zero-order valence-electron chi connectivity index (χ0n) is 18.4. The van der Waals surface area contributed by atoms with Gasteiger partial charge in [-0.3, -0.25) is 19.4 Å². The lowest BCUT2D eigenvalue weighted by atomic mass is 10.0. The average molecular weight is 478 g/mol. The van der Waals surface area contributed by atoms with Crippen molar-refractivity contribution in [1.82, 2.24) is 16.0 Å². The van der Waals surface area contributed by atoms with Crippen LogP contribution < -0.4 is 33.2 Å². The summed E-state index contributed by atoms with van der Waals surface area (Å²) in [4.78, 5) is 52.7. The van der Waals surface area contributed by atoms with E-state index < -0.39 is 59.9 Å². The molecule has 0 aromatic rings. The molecule has 0 saturated carbocycles. The number of rotatable bonds is 14. The number of aliphatic carboxylic acids is 1. The van der Waals surface area contributed by atoms with Crippen LogP contribution in [0.2, 0.25) is 0 Å². The molecule has 0 aromatic heterocycles. The standard InChI is InChI=1S/C18H35N7O6S/c1-8(2)12(17(30)31)24-15(28)11(5-4-6-22-18(20)21)23-16(29)13(9(3)26)25-14(27)10(19)7-32/h8-13,26,32H,4-7,19H2,1-3H3,(H,23,29)(H,24,28)(H,25,27)(H,30,31)(H4,20,21,22). The summed E-state index contributed by atoms with van der Waals surface area (Å²) in [6.45, 7) is 4.69. The van der Waals surface area contributed by atoms with Crippen LogP contribution in [-0.2, 0) is 19.2 Å². The molecule has 0 spiro atoms. The van der Waals surface area contributed by atoms with E-state index in [1.807, 2.05) is 0 Å². The zero-order chi connectivity index (χ0) is 25.0. The highest BCUT2D eigenvalue weighted by atomic mass is 32.1. The number of carbonyl (C=O) groups is 4. The van der Waals surface area contributed by atoms with Crippen molar-refractivity contribution < 1.29 is 29.4 Å². The van der Waals surface area contributed by atoms with Crippen molar-refractivity contribution in [3.8, 4) is 0 Å². The monoisotopic (exact) mass is 477 g/mol. The van der Waals surface area contributed by atoms with E-state index in [0.29, 0.717) is 0 Å². The fraction of sp³-hybridized carbons (Fsp3) is 0.722. The third-order valence-corrected chi connectivity index (χ3v) is 4.80. The van der Waals surface area contributed by atoms with Gasteiger partial charge in [-0.15, -0.1) is 0 Å². The Morgan fingerprint density at radius 3 is 1.97 bits per heavy atom. The first-order valence-electron chi connectivity index (χ1n) is 10.1. The number of hydrogen-bond donors (Lipinski definition) is 9. The Labute approximate surface area is 192 Å². The van der Waals surface area contributed by atoms with Crippen LogP contribution in [0.15, 0.2) is 4.99 Å². The molecule has 184 valence electrons. The number of aliphatic hydroxyl groups excluding tert-OH is 1. The molecule has 3 amide bonds. The van der Waals surface area contributed by atoms with Gasteiger partial charge in [-0.1, -0.05) is 13.8 Å². The van der Waals surface area contributed by atoms with Gasteiger partial charge in [0.2, 0.25) is 17.7 Å². The fourth-order valence-corrected chi connectivity index (χ4v) is 2.72. The topological polar surface area (TPSA) is 235 Å². The molecule has 0 heterocycles. The molecule has 11 N–H and O–H groups in total. The minimum atomic E-state index is -1.40. The van der Waals surface area contributed by atoms with E-state index in [0.717, 1.165) is 0 Å². The predicted octanol–water partition coefficient (Wildman–Crippen LogP) is -3.13. The number of carboxylic acid groups (broad SMARTS) is 1. The Bertz CT molecular complexity index is 685. The van der Waals surface area contributed by atoms with E-state index >= 15 is 0 Å². The number of nitrogens with two attached hydrogens (primary N) is 3. The molecule has 0 saturated heterocycles. The Balaban J connectivity index is 5.51. The van der Waals surface area contributed by atoms with E-state index in [1.165, 1.54) is 6.92 Å². The number of carbonyl (C=O) groups excluding carboxylic acids is 3. The Morgan fingerprint density at radius 2 is 1.53 bits per heavy atom. The number of aliphatic hydroxyl groups is 1. The van der Waals surface area contributed by atoms with Gasteiger partial charge in [0.15, 0.2) is 5.96 Å². The molecular weight excluding hydrogens is 442 g/mol. The lowest BCUT2D eigenvalue weighted by molar-refractivity contribution is -0.143. The van der Waals surface area contributed by atoms with Crippen LogP contribution in [0, 0.1) is 5.92 Å². The maximum absolute atomic E-state index is 12.7. The quantitative estimate of drug-likeness (QED) is 0.0531. The average Bonchev–Trinajstić information content (AvgIpc) is 2.69. The molecule has 0 fully saturated rings. The number of amides is 3. The third-order valence-electron chi connectivity index (χ3n) is 4.40. The molecule has 0 aliphatic rings. The summed E-state index contributed by atoms with van der Waals surface area (Å²) in [6, 6.07) is -4.76. The van der Waals surface area contributed by atoms with Crippen molar-refractivity contribution >= 4 is 42.3 Å². The number of hydrogen-bond acceptors (Lipinski definition) is 8. The van der Waals surface area contributed by atoms with Crippen molar-refractivity contribution in [2.45, 2.75) is 63.9 Å². The van der Waals surface area contributed by atoms with Crippen molar-refractivity contribution in [2.75, 3.05) is 12.3 Å². The first-order chi connectivity index (χ1) is 14.8. The van der Waals surface area contributed by atoms with Crippen LogP contribution in [0.1, 0.15) is 33.6 Å². The molecule has 0 bridgehead atoms. The van der Waals surface area contributed by atoms with Crippen LogP contribution in [0.4, 0.5) is 0 Å². The van der Waals surface area contributed by atoms with Crippen LogP contribution in [0.25, 0.3) is 0 Å². The molecule has 32 heavy (non-hydrogen) atoms. The summed E-state index contributed by atoms with van der Waals surface area (Å²) in [5.74, 6) is -4.07. The predicted molar refractivity (Wildman–Crippen MR) is 122 cm³/mol. The molecule has 5 unspecified atom stereocenters. The number of carboxylic acids is 1. The van der Waals surface area contributed by atoms with Crippen molar-refractivity contribution in [3.05, 3.63) is 0 Å². The van der Waals surface area contributed by atoms with Gasteiger partial charge in [-0.25, -0.2) is 4.79 Å². The van der Waals surface area contributed by atoms with Gasteiger partial charge in [0.1, 0.15) is 18.1 Å². The van der Waals surface area contributed by atoms with Gasteiger partial charge >= 0.3 is 5.97 Å². The summed E-state index contributed by atoms with van der Waals surface area (Å²) < 4.78 is 0. The molecule has 0 aromatic carbocycles. The highest BCUT2D eigenvalue weighted by Crippen LogP contribution is 2.06. The van der Waals surface area contributed by atoms with E-state index in [9.17, 15) is 29.4 Å². The Morgan fingerprint density at radius 1 is 0.969 bits per heavy atom. The molecule has 13 nitrogen and oxygen atoms in total. The summed E-state index contributed by atoms with van der Waals surface area (Å²) in [7, 11) is 0. The van der Waals surface area contributed by atoms with Crippen LogP contribution >= 0.6 is 12.6 Å². The minimum absolute atomic E-state index is 0.0155. The first-order valence-corrected chi connectivity index (χ1v) is 10.7. The van der Waals surface area contributed by atoms with Crippen LogP contribution in [0.3, 0.4) is 0 Å². The number of guanidine groups is 1. The maximum atomic E-state index is 12.7. The smallest absolute Gasteiger partial charge is 0.326 e. The maximum Gasteiger partial charge on any atom is 0.326 e. The molecule has 0 aliphatic carbocycles. The van der Waals surface area contributed by atoms with Crippen molar-refractivity contribution in [1.29, 1.82) is 0 Å². The van der Waals surface area contributed by atoms with E-state index in [1.54, 1.807) is 13.8 Å². The Hall–Kier alpha value is -2.58. The van der Waals surface area contributed by atoms with E-state index in [-0.39, 0.29) is 31.1 Å². The fourth-order valence-electron chi connectivity index (χ4n) is 2.55. The number of nitrogens with one attached hydrogen (secondary N) is 3. The number of aliphatic imine (C=N–C) groups is 1. The van der Waals surface area contributed by atoms with E-state index in [2.05, 4.69) is 33.6 Å². The van der Waals surface area contributed by atoms with Gasteiger partial charge in [0.05, 0.1) is 12.1 Å². The summed E-state index contributed by atoms with van der Waals surface area (Å²) in [5, 5.41) is 26.4. The minimum Gasteiger partial charge on any atom is -0.480 e. The summed E-state index contributed by atoms with van der Waals surface area (Å²) >= 11 is 3.91. The highest BCUT2D eigenvalue weighted by molar-refractivity contribution is 7.80. The van der Waals surface area contributed by atoms with Crippen LogP contribution in [-0.4, -0.2) is 82.4 Å². The van der Waals surface area contributed by atoms with Crippen molar-refractivity contribution in [3.63, 3.8) is 0 Å². The second kappa shape index (κ2) is 14.5. The van der Waals surface area contributed by atoms with Crippen molar-refractivity contribution in [2.24, 2.45) is 28.1 Å². The van der Waals surface area contributed by atoms with Gasteiger partial charge in [0.25, 0.3) is 0 Å². The van der Waals surface area contributed by atoms with Gasteiger partial charge in [-0.2, -0.15) is 12.6 Å². The molecule has 14 heteroatoms. The van der Waals surface area contributed by atoms with Gasteiger partial charge < -0.3 is 43.4 Å². The second-order valence-electron chi connectivity index (χ2n) is 7.59. The third kappa shape index (κ3) is 10.6. The first kappa shape index (κ1) is 29.4. The Kier molecular flexibility index (Phi) is 13.3. The molecule has 5 atom stereocenters. The largest absolute Gasteiger partial charge is 0.480 e. The second-order valence-corrected chi connectivity index (χ2v) is 7.96. The molecule has 0 rings (SSSR count). The number of thiol groups is 1. The summed E-state index contributed by atoms with van der Waals surface area (Å²) in [6.07, 6.45) is -0.958. The lowest BCUT2D eigenvalue weighted by Crippen LogP contribution is -2.60. The molecule has 0 radical (unpaired) electrons. The normalized spacial score (nSPS) is 15.6. The van der Waals surface area contributed by atoms with Crippen LogP contribution in [0.5, 0.6) is 0 Å². The highest BCUT2D eigenvalue weighted by Gasteiger charge is 2.32. The van der Waals surface area contributed by atoms with E-state index in [4.69, 9.17) is 17.2 Å². The number of nitrogens with zero attached hydrogens (tertiary/aromatic N) is 1.